The first-order chi connectivity index (χ1) is 9.72. The fourth-order valence-corrected chi connectivity index (χ4v) is 3.30. The Morgan fingerprint density at radius 1 is 1.20 bits per heavy atom. The molecule has 0 fully saturated rings. The number of ether oxygens (including phenoxy) is 1. The van der Waals surface area contributed by atoms with Crippen molar-refractivity contribution in [2.45, 2.75) is 17.7 Å². The summed E-state index contributed by atoms with van der Waals surface area (Å²) in [5.74, 6) is 1.65. The Morgan fingerprint density at radius 3 is 3.00 bits per heavy atom. The molecule has 0 unspecified atom stereocenters. The maximum atomic E-state index is 13.2. The number of hydrogen-bond donors (Lipinski definition) is 1. The Balaban J connectivity index is 1.61. The molecule has 2 nitrogen and oxygen atoms in total. The van der Waals surface area contributed by atoms with E-state index in [9.17, 15) is 4.39 Å². The summed E-state index contributed by atoms with van der Waals surface area (Å²) in [6, 6.07) is 10.8. The normalized spacial score (nSPS) is 13.1. The van der Waals surface area contributed by atoms with Gasteiger partial charge in [-0.15, -0.1) is 11.8 Å². The van der Waals surface area contributed by atoms with Crippen molar-refractivity contribution in [3.05, 3.63) is 53.3 Å². The minimum Gasteiger partial charge on any atom is -0.493 e. The maximum absolute atomic E-state index is 13.2. The quantitative estimate of drug-likeness (QED) is 0.689. The Morgan fingerprint density at radius 2 is 2.10 bits per heavy atom. The van der Waals surface area contributed by atoms with E-state index < -0.39 is 0 Å². The third kappa shape index (κ3) is 2.90. The van der Waals surface area contributed by atoms with Gasteiger partial charge in [-0.2, -0.15) is 0 Å². The van der Waals surface area contributed by atoms with E-state index in [0.29, 0.717) is 5.69 Å². The van der Waals surface area contributed by atoms with Crippen LogP contribution in [0, 0.1) is 5.82 Å². The Kier molecular flexibility index (Phi) is 3.83. The third-order valence-electron chi connectivity index (χ3n) is 3.38. The molecule has 0 radical (unpaired) electrons. The molecule has 1 heterocycles. The minimum atomic E-state index is -0.239. The zero-order valence-corrected chi connectivity index (χ0v) is 11.9. The number of benzene rings is 2. The van der Waals surface area contributed by atoms with Crippen LogP contribution in [0.3, 0.4) is 0 Å². The number of anilines is 1. The smallest absolute Gasteiger partial charge is 0.124 e. The molecule has 0 bridgehead atoms. The number of nitrogen functional groups attached to an aromatic ring is 1. The molecule has 0 atom stereocenters. The first kappa shape index (κ1) is 13.3. The minimum absolute atomic E-state index is 0.239. The van der Waals surface area contributed by atoms with E-state index in [1.165, 1.54) is 23.3 Å². The molecule has 0 amide bonds. The second kappa shape index (κ2) is 5.75. The highest BCUT2D eigenvalue weighted by molar-refractivity contribution is 7.99. The molecule has 0 saturated heterocycles. The predicted octanol–water partition coefficient (Wildman–Crippen LogP) is 3.68. The van der Waals surface area contributed by atoms with Crippen LogP contribution in [0.5, 0.6) is 5.75 Å². The van der Waals surface area contributed by atoms with E-state index in [1.54, 1.807) is 17.8 Å². The summed E-state index contributed by atoms with van der Waals surface area (Å²) in [5.41, 5.74) is 9.05. The summed E-state index contributed by atoms with van der Waals surface area (Å²) in [5, 5.41) is 0. The lowest BCUT2D eigenvalue weighted by Crippen LogP contribution is -1.93. The molecule has 2 aromatic rings. The lowest BCUT2D eigenvalue weighted by Gasteiger charge is -2.07. The molecule has 0 saturated carbocycles. The van der Waals surface area contributed by atoms with Crippen LogP contribution < -0.4 is 10.5 Å². The molecule has 20 heavy (non-hydrogen) atoms. The zero-order chi connectivity index (χ0) is 13.9. The molecule has 1 aliphatic heterocycles. The Bertz CT molecular complexity index is 630. The van der Waals surface area contributed by atoms with Gasteiger partial charge in [-0.3, -0.25) is 0 Å². The van der Waals surface area contributed by atoms with Gasteiger partial charge in [0.25, 0.3) is 0 Å². The highest BCUT2D eigenvalue weighted by Gasteiger charge is 2.11. The molecule has 0 aromatic heterocycles. The summed E-state index contributed by atoms with van der Waals surface area (Å²) in [4.78, 5) is 0.814. The van der Waals surface area contributed by atoms with E-state index in [1.807, 2.05) is 6.07 Å². The van der Waals surface area contributed by atoms with Gasteiger partial charge < -0.3 is 10.5 Å². The van der Waals surface area contributed by atoms with Crippen LogP contribution in [0.15, 0.2) is 41.3 Å². The SMILES string of the molecule is Nc1ccc(F)cc1SCCc1ccc2c(c1)CCO2. The Hall–Kier alpha value is -1.68. The van der Waals surface area contributed by atoms with Gasteiger partial charge in [0, 0.05) is 22.8 Å². The van der Waals surface area contributed by atoms with Gasteiger partial charge in [-0.25, -0.2) is 4.39 Å². The number of thioether (sulfide) groups is 1. The highest BCUT2D eigenvalue weighted by Crippen LogP contribution is 2.29. The summed E-state index contributed by atoms with van der Waals surface area (Å²) in [7, 11) is 0. The van der Waals surface area contributed by atoms with Crippen LogP contribution in [0.2, 0.25) is 0 Å². The van der Waals surface area contributed by atoms with Crippen LogP contribution in [0.1, 0.15) is 11.1 Å². The number of hydrogen-bond acceptors (Lipinski definition) is 3. The molecule has 2 N–H and O–H groups in total. The molecule has 4 heteroatoms. The van der Waals surface area contributed by atoms with Crippen LogP contribution in [-0.2, 0) is 12.8 Å². The van der Waals surface area contributed by atoms with Crippen molar-refractivity contribution in [2.24, 2.45) is 0 Å². The lowest BCUT2D eigenvalue weighted by molar-refractivity contribution is 0.357. The molecular formula is C16H16FNOS. The lowest BCUT2D eigenvalue weighted by atomic mass is 10.1. The first-order valence-electron chi connectivity index (χ1n) is 6.65. The average molecular weight is 289 g/mol. The summed E-state index contributed by atoms with van der Waals surface area (Å²) in [6.07, 6.45) is 1.93. The molecule has 3 rings (SSSR count). The molecule has 0 aliphatic carbocycles. The van der Waals surface area contributed by atoms with E-state index in [4.69, 9.17) is 10.5 Å². The van der Waals surface area contributed by atoms with E-state index >= 15 is 0 Å². The van der Waals surface area contributed by atoms with Crippen LogP contribution >= 0.6 is 11.8 Å². The molecule has 104 valence electrons. The first-order valence-corrected chi connectivity index (χ1v) is 7.63. The summed E-state index contributed by atoms with van der Waals surface area (Å²) >= 11 is 1.59. The van der Waals surface area contributed by atoms with Gasteiger partial charge in [-0.1, -0.05) is 12.1 Å². The molecule has 0 spiro atoms. The van der Waals surface area contributed by atoms with E-state index in [2.05, 4.69) is 12.1 Å². The van der Waals surface area contributed by atoms with Crippen molar-refractivity contribution >= 4 is 17.4 Å². The molecule has 1 aliphatic rings. The van der Waals surface area contributed by atoms with E-state index in [-0.39, 0.29) is 5.82 Å². The van der Waals surface area contributed by atoms with Crippen molar-refractivity contribution < 1.29 is 9.13 Å². The second-order valence-corrected chi connectivity index (χ2v) is 5.96. The number of nitrogens with two attached hydrogens (primary N) is 1. The van der Waals surface area contributed by atoms with Gasteiger partial charge >= 0.3 is 0 Å². The number of rotatable bonds is 4. The van der Waals surface area contributed by atoms with Crippen molar-refractivity contribution in [2.75, 3.05) is 18.1 Å². The average Bonchev–Trinajstić information content (AvgIpc) is 2.90. The maximum Gasteiger partial charge on any atom is 0.124 e. The van der Waals surface area contributed by atoms with Gasteiger partial charge in [0.05, 0.1) is 6.61 Å². The number of halogens is 1. The van der Waals surface area contributed by atoms with Crippen molar-refractivity contribution in [1.29, 1.82) is 0 Å². The predicted molar refractivity (Wildman–Crippen MR) is 80.9 cm³/mol. The largest absolute Gasteiger partial charge is 0.493 e. The summed E-state index contributed by atoms with van der Waals surface area (Å²) in [6.45, 7) is 0.785. The van der Waals surface area contributed by atoms with Gasteiger partial charge in [0.2, 0.25) is 0 Å². The monoisotopic (exact) mass is 289 g/mol. The molecule has 2 aromatic carbocycles. The van der Waals surface area contributed by atoms with Crippen LogP contribution in [0.4, 0.5) is 10.1 Å². The fraction of sp³-hybridized carbons (Fsp3) is 0.250. The fourth-order valence-electron chi connectivity index (χ4n) is 2.31. The van der Waals surface area contributed by atoms with Crippen molar-refractivity contribution in [3.8, 4) is 5.75 Å². The molecular weight excluding hydrogens is 273 g/mol. The summed E-state index contributed by atoms with van der Waals surface area (Å²) < 4.78 is 18.7. The Labute approximate surface area is 122 Å². The number of fused-ring (bicyclic) bond motifs is 1. The third-order valence-corrected chi connectivity index (χ3v) is 4.45. The highest BCUT2D eigenvalue weighted by atomic mass is 32.2. The van der Waals surface area contributed by atoms with Gasteiger partial charge in [-0.05, 0) is 41.8 Å². The zero-order valence-electron chi connectivity index (χ0n) is 11.1. The topological polar surface area (TPSA) is 35.2 Å². The van der Waals surface area contributed by atoms with Crippen LogP contribution in [0.25, 0.3) is 0 Å². The number of aryl methyl sites for hydroxylation is 1. The van der Waals surface area contributed by atoms with Gasteiger partial charge in [0.1, 0.15) is 11.6 Å². The van der Waals surface area contributed by atoms with Gasteiger partial charge in [0.15, 0.2) is 0 Å². The van der Waals surface area contributed by atoms with E-state index in [0.717, 1.165) is 35.8 Å². The van der Waals surface area contributed by atoms with Crippen LogP contribution in [-0.4, -0.2) is 12.4 Å². The van der Waals surface area contributed by atoms with Crippen molar-refractivity contribution in [3.63, 3.8) is 0 Å². The standard InChI is InChI=1S/C16H16FNOS/c17-13-2-3-14(18)16(10-13)20-8-6-11-1-4-15-12(9-11)5-7-19-15/h1-4,9-10H,5-8,18H2. The van der Waals surface area contributed by atoms with Crippen molar-refractivity contribution in [1.82, 2.24) is 0 Å². The second-order valence-electron chi connectivity index (χ2n) is 4.82.